The first-order chi connectivity index (χ1) is 7.11. The fourth-order valence-electron chi connectivity index (χ4n) is 1.12. The van der Waals surface area contributed by atoms with Crippen molar-refractivity contribution in [2.45, 2.75) is 6.92 Å². The predicted octanol–water partition coefficient (Wildman–Crippen LogP) is 3.33. The normalized spacial score (nSPS) is 11.7. The van der Waals surface area contributed by atoms with Gasteiger partial charge in [0.2, 0.25) is 0 Å². The minimum atomic E-state index is -0.506. The third-order valence-corrected chi connectivity index (χ3v) is 2.38. The summed E-state index contributed by atoms with van der Waals surface area (Å²) in [5, 5.41) is 8.74. The molecule has 0 N–H and O–H groups in total. The molecule has 1 aromatic rings. The molecule has 0 amide bonds. The van der Waals surface area contributed by atoms with Gasteiger partial charge in [-0.1, -0.05) is 17.7 Å². The van der Waals surface area contributed by atoms with Gasteiger partial charge in [0.25, 0.3) is 0 Å². The first-order valence-electron chi connectivity index (χ1n) is 4.21. The van der Waals surface area contributed by atoms with Crippen LogP contribution in [0, 0.1) is 17.1 Å². The molecule has 1 rings (SSSR count). The quantitative estimate of drug-likeness (QED) is 0.724. The Morgan fingerprint density at radius 3 is 2.73 bits per heavy atom. The van der Waals surface area contributed by atoms with E-state index in [0.717, 1.165) is 0 Å². The maximum Gasteiger partial charge on any atom is 0.135 e. The largest absolute Gasteiger partial charge is 0.496 e. The zero-order valence-corrected chi connectivity index (χ0v) is 9.10. The van der Waals surface area contributed by atoms with E-state index in [1.54, 1.807) is 6.07 Å². The number of allylic oxidation sites excluding steroid dienone is 1. The van der Waals surface area contributed by atoms with Crippen molar-refractivity contribution >= 4 is 16.6 Å². The van der Waals surface area contributed by atoms with Crippen LogP contribution < -0.4 is 4.74 Å². The molecule has 0 atom stereocenters. The van der Waals surface area contributed by atoms with E-state index in [-0.39, 0.29) is 16.2 Å². The molecule has 0 spiro atoms. The lowest BCUT2D eigenvalue weighted by molar-refractivity contribution is 0.410. The fourth-order valence-corrected chi connectivity index (χ4v) is 1.35. The Bertz CT molecular complexity index is 448. The standard InChI is InChI=1S/C11H9ClFNO/c1-7(6-14)11(12)10-8(13)4-3-5-9(10)15-2/h3-5H,1-2H3/b11-7+. The van der Waals surface area contributed by atoms with Gasteiger partial charge in [-0.15, -0.1) is 0 Å². The lowest BCUT2D eigenvalue weighted by Gasteiger charge is -2.08. The Morgan fingerprint density at radius 1 is 1.53 bits per heavy atom. The van der Waals surface area contributed by atoms with Crippen LogP contribution in [0.4, 0.5) is 4.39 Å². The molecule has 1 aromatic carbocycles. The van der Waals surface area contributed by atoms with Crippen molar-refractivity contribution < 1.29 is 9.13 Å². The number of nitrogens with zero attached hydrogens (tertiary/aromatic N) is 1. The van der Waals surface area contributed by atoms with E-state index in [0.29, 0.717) is 5.75 Å². The SMILES string of the molecule is COc1cccc(F)c1/C(Cl)=C(/C)C#N. The lowest BCUT2D eigenvalue weighted by Crippen LogP contribution is -1.94. The highest BCUT2D eigenvalue weighted by molar-refractivity contribution is 6.49. The predicted molar refractivity (Wildman–Crippen MR) is 57.0 cm³/mol. The minimum absolute atomic E-state index is 0.0763. The van der Waals surface area contributed by atoms with E-state index >= 15 is 0 Å². The maximum atomic E-state index is 13.5. The van der Waals surface area contributed by atoms with Crippen molar-refractivity contribution in [1.82, 2.24) is 0 Å². The third-order valence-electron chi connectivity index (χ3n) is 1.91. The van der Waals surface area contributed by atoms with Crippen molar-refractivity contribution in [1.29, 1.82) is 5.26 Å². The van der Waals surface area contributed by atoms with E-state index in [1.165, 1.54) is 26.2 Å². The van der Waals surface area contributed by atoms with Crippen molar-refractivity contribution in [2.75, 3.05) is 7.11 Å². The van der Waals surface area contributed by atoms with Crippen LogP contribution in [-0.2, 0) is 0 Å². The van der Waals surface area contributed by atoms with Gasteiger partial charge in [0.05, 0.1) is 23.8 Å². The summed E-state index contributed by atoms with van der Waals surface area (Å²) in [5.74, 6) is -0.191. The van der Waals surface area contributed by atoms with Crippen molar-refractivity contribution in [3.05, 3.63) is 35.2 Å². The first-order valence-corrected chi connectivity index (χ1v) is 4.59. The van der Waals surface area contributed by atoms with Crippen LogP contribution in [0.25, 0.3) is 5.03 Å². The molecule has 0 saturated carbocycles. The Kier molecular flexibility index (Phi) is 3.70. The summed E-state index contributed by atoms with van der Waals surface area (Å²) in [6, 6.07) is 6.24. The Morgan fingerprint density at radius 2 is 2.20 bits per heavy atom. The van der Waals surface area contributed by atoms with Crippen LogP contribution in [0.15, 0.2) is 23.8 Å². The second-order valence-corrected chi connectivity index (χ2v) is 3.25. The van der Waals surface area contributed by atoms with Gasteiger partial charge < -0.3 is 4.74 Å². The zero-order valence-electron chi connectivity index (χ0n) is 8.34. The molecule has 0 aliphatic rings. The Balaban J connectivity index is 3.44. The summed E-state index contributed by atoms with van der Waals surface area (Å²) in [6.45, 7) is 1.52. The van der Waals surface area contributed by atoms with E-state index < -0.39 is 5.82 Å². The van der Waals surface area contributed by atoms with Crippen LogP contribution >= 0.6 is 11.6 Å². The van der Waals surface area contributed by atoms with E-state index in [1.807, 2.05) is 6.07 Å². The second-order valence-electron chi connectivity index (χ2n) is 2.87. The summed E-state index contributed by atoms with van der Waals surface area (Å²) in [4.78, 5) is 0. The second kappa shape index (κ2) is 4.81. The highest BCUT2D eigenvalue weighted by atomic mass is 35.5. The van der Waals surface area contributed by atoms with Crippen LogP contribution in [0.3, 0.4) is 0 Å². The smallest absolute Gasteiger partial charge is 0.135 e. The molecule has 0 bridgehead atoms. The molecule has 78 valence electrons. The number of benzene rings is 1. The summed E-state index contributed by atoms with van der Waals surface area (Å²) in [5.41, 5.74) is 0.376. The molecular weight excluding hydrogens is 217 g/mol. The van der Waals surface area contributed by atoms with Crippen molar-refractivity contribution in [2.24, 2.45) is 0 Å². The van der Waals surface area contributed by atoms with Gasteiger partial charge in [-0.25, -0.2) is 4.39 Å². The Labute approximate surface area is 92.5 Å². The summed E-state index contributed by atoms with van der Waals surface area (Å²) < 4.78 is 18.5. The van der Waals surface area contributed by atoms with Gasteiger partial charge in [-0.05, 0) is 19.1 Å². The van der Waals surface area contributed by atoms with Gasteiger partial charge >= 0.3 is 0 Å². The molecule has 0 fully saturated rings. The van der Waals surface area contributed by atoms with E-state index in [9.17, 15) is 4.39 Å². The van der Waals surface area contributed by atoms with Crippen LogP contribution in [0.1, 0.15) is 12.5 Å². The lowest BCUT2D eigenvalue weighted by atomic mass is 10.1. The minimum Gasteiger partial charge on any atom is -0.496 e. The van der Waals surface area contributed by atoms with E-state index in [2.05, 4.69) is 0 Å². The van der Waals surface area contributed by atoms with Gasteiger partial charge in [0, 0.05) is 5.57 Å². The average molecular weight is 226 g/mol. The monoisotopic (exact) mass is 225 g/mol. The number of ether oxygens (including phenoxy) is 1. The molecule has 4 heteroatoms. The molecule has 0 radical (unpaired) electrons. The zero-order chi connectivity index (χ0) is 11.4. The summed E-state index contributed by atoms with van der Waals surface area (Å²) in [7, 11) is 1.42. The number of nitriles is 1. The fraction of sp³-hybridized carbons (Fsp3) is 0.182. The Hall–Kier alpha value is -1.53. The number of rotatable bonds is 2. The van der Waals surface area contributed by atoms with Crippen LogP contribution in [-0.4, -0.2) is 7.11 Å². The van der Waals surface area contributed by atoms with Gasteiger partial charge in [0.1, 0.15) is 11.6 Å². The molecule has 0 aliphatic heterocycles. The number of hydrogen-bond acceptors (Lipinski definition) is 2. The molecule has 0 unspecified atom stereocenters. The van der Waals surface area contributed by atoms with Gasteiger partial charge in [-0.3, -0.25) is 0 Å². The number of methoxy groups -OCH3 is 1. The van der Waals surface area contributed by atoms with E-state index in [4.69, 9.17) is 21.6 Å². The van der Waals surface area contributed by atoms with Crippen molar-refractivity contribution in [3.63, 3.8) is 0 Å². The molecule has 2 nitrogen and oxygen atoms in total. The average Bonchev–Trinajstić information content (AvgIpc) is 2.26. The highest BCUT2D eigenvalue weighted by Crippen LogP contribution is 2.33. The third kappa shape index (κ3) is 2.28. The van der Waals surface area contributed by atoms with Gasteiger partial charge in [0.15, 0.2) is 0 Å². The molecule has 15 heavy (non-hydrogen) atoms. The van der Waals surface area contributed by atoms with Crippen LogP contribution in [0.2, 0.25) is 0 Å². The molecule has 0 aromatic heterocycles. The summed E-state index contributed by atoms with van der Waals surface area (Å²) >= 11 is 5.88. The highest BCUT2D eigenvalue weighted by Gasteiger charge is 2.14. The first kappa shape index (κ1) is 11.5. The number of hydrogen-bond donors (Lipinski definition) is 0. The molecule has 0 aliphatic carbocycles. The van der Waals surface area contributed by atoms with Crippen LogP contribution in [0.5, 0.6) is 5.75 Å². The molecular formula is C11H9ClFNO. The molecule has 0 saturated heterocycles. The number of halogens is 2. The molecule has 0 heterocycles. The summed E-state index contributed by atoms with van der Waals surface area (Å²) in [6.07, 6.45) is 0. The maximum absolute atomic E-state index is 13.5. The van der Waals surface area contributed by atoms with Crippen molar-refractivity contribution in [3.8, 4) is 11.8 Å². The topological polar surface area (TPSA) is 33.0 Å². The van der Waals surface area contributed by atoms with Gasteiger partial charge in [-0.2, -0.15) is 5.26 Å².